The molecule has 1 aromatic rings. The Bertz CT molecular complexity index is 352. The first-order valence-electron chi connectivity index (χ1n) is 6.36. The highest BCUT2D eigenvalue weighted by molar-refractivity contribution is 5.07. The highest BCUT2D eigenvalue weighted by atomic mass is 16.5. The second kappa shape index (κ2) is 5.45. The van der Waals surface area contributed by atoms with Crippen LogP contribution in [-0.4, -0.2) is 16.1 Å². The minimum Gasteiger partial charge on any atom is -0.473 e. The molecule has 2 N–H and O–H groups in total. The minimum atomic E-state index is 0.291. The monoisotopic (exact) mass is 235 g/mol. The normalized spacial score (nSPS) is 29.0. The lowest BCUT2D eigenvalue weighted by molar-refractivity contribution is 0.0960. The lowest BCUT2D eigenvalue weighted by atomic mass is 9.80. The molecule has 1 fully saturated rings. The van der Waals surface area contributed by atoms with E-state index in [9.17, 15) is 0 Å². The SMILES string of the molecule is CC1CCC(Oc2cnc(CN)cn2)CC1C. The average Bonchev–Trinajstić information content (AvgIpc) is 2.35. The Morgan fingerprint density at radius 1 is 1.24 bits per heavy atom. The van der Waals surface area contributed by atoms with Crippen molar-refractivity contribution in [1.29, 1.82) is 0 Å². The summed E-state index contributed by atoms with van der Waals surface area (Å²) in [5, 5.41) is 0. The molecule has 4 heteroatoms. The number of hydrogen-bond acceptors (Lipinski definition) is 4. The Labute approximate surface area is 103 Å². The van der Waals surface area contributed by atoms with Crippen LogP contribution in [0.4, 0.5) is 0 Å². The van der Waals surface area contributed by atoms with Gasteiger partial charge in [-0.15, -0.1) is 0 Å². The molecule has 94 valence electrons. The van der Waals surface area contributed by atoms with Gasteiger partial charge in [0.2, 0.25) is 5.88 Å². The van der Waals surface area contributed by atoms with Gasteiger partial charge in [0, 0.05) is 6.54 Å². The van der Waals surface area contributed by atoms with Gasteiger partial charge < -0.3 is 10.5 Å². The lowest BCUT2D eigenvalue weighted by Gasteiger charge is -2.31. The Hall–Kier alpha value is -1.16. The quantitative estimate of drug-likeness (QED) is 0.872. The molecule has 0 aliphatic heterocycles. The van der Waals surface area contributed by atoms with Crippen LogP contribution in [0.2, 0.25) is 0 Å². The van der Waals surface area contributed by atoms with Crippen molar-refractivity contribution in [3.63, 3.8) is 0 Å². The summed E-state index contributed by atoms with van der Waals surface area (Å²) in [6, 6.07) is 0. The topological polar surface area (TPSA) is 61.0 Å². The molecular weight excluding hydrogens is 214 g/mol. The Morgan fingerprint density at radius 3 is 2.65 bits per heavy atom. The zero-order chi connectivity index (χ0) is 12.3. The van der Waals surface area contributed by atoms with Crippen molar-refractivity contribution in [3.05, 3.63) is 18.1 Å². The van der Waals surface area contributed by atoms with E-state index in [0.29, 0.717) is 18.5 Å². The average molecular weight is 235 g/mol. The maximum absolute atomic E-state index is 5.86. The van der Waals surface area contributed by atoms with Gasteiger partial charge in [0.25, 0.3) is 0 Å². The van der Waals surface area contributed by atoms with Crippen molar-refractivity contribution in [2.24, 2.45) is 17.6 Å². The smallest absolute Gasteiger partial charge is 0.232 e. The van der Waals surface area contributed by atoms with Crippen LogP contribution < -0.4 is 10.5 Å². The van der Waals surface area contributed by atoms with Crippen LogP contribution in [0.5, 0.6) is 5.88 Å². The predicted molar refractivity (Wildman–Crippen MR) is 66.5 cm³/mol. The number of nitrogens with two attached hydrogens (primary N) is 1. The van der Waals surface area contributed by atoms with Gasteiger partial charge in [0.05, 0.1) is 18.1 Å². The molecule has 17 heavy (non-hydrogen) atoms. The summed E-state index contributed by atoms with van der Waals surface area (Å²) in [4.78, 5) is 8.41. The van der Waals surface area contributed by atoms with Gasteiger partial charge in [-0.05, 0) is 31.1 Å². The summed E-state index contributed by atoms with van der Waals surface area (Å²) in [5.41, 5.74) is 6.27. The molecule has 0 radical (unpaired) electrons. The second-order valence-corrected chi connectivity index (χ2v) is 5.06. The van der Waals surface area contributed by atoms with E-state index < -0.39 is 0 Å². The molecule has 3 atom stereocenters. The summed E-state index contributed by atoms with van der Waals surface area (Å²) in [5.74, 6) is 2.15. The molecule has 1 aliphatic carbocycles. The van der Waals surface area contributed by atoms with E-state index in [1.807, 2.05) is 0 Å². The Balaban J connectivity index is 1.92. The molecule has 0 spiro atoms. The van der Waals surface area contributed by atoms with Crippen LogP contribution >= 0.6 is 0 Å². The van der Waals surface area contributed by atoms with Crippen molar-refractivity contribution in [2.45, 2.75) is 45.8 Å². The molecule has 4 nitrogen and oxygen atoms in total. The van der Waals surface area contributed by atoms with E-state index in [4.69, 9.17) is 10.5 Å². The van der Waals surface area contributed by atoms with E-state index in [1.165, 1.54) is 6.42 Å². The number of aromatic nitrogens is 2. The van der Waals surface area contributed by atoms with Crippen molar-refractivity contribution in [1.82, 2.24) is 9.97 Å². The summed E-state index contributed by atoms with van der Waals surface area (Å²) in [6.07, 6.45) is 7.11. The zero-order valence-corrected chi connectivity index (χ0v) is 10.6. The third kappa shape index (κ3) is 3.16. The largest absolute Gasteiger partial charge is 0.473 e. The van der Waals surface area contributed by atoms with Gasteiger partial charge in [0.1, 0.15) is 6.10 Å². The molecule has 2 rings (SSSR count). The Morgan fingerprint density at radius 2 is 2.06 bits per heavy atom. The fourth-order valence-electron chi connectivity index (χ4n) is 2.29. The third-order valence-electron chi connectivity index (χ3n) is 3.73. The van der Waals surface area contributed by atoms with E-state index in [1.54, 1.807) is 12.4 Å². The van der Waals surface area contributed by atoms with Crippen molar-refractivity contribution in [3.8, 4) is 5.88 Å². The minimum absolute atomic E-state index is 0.291. The first-order chi connectivity index (χ1) is 8.19. The van der Waals surface area contributed by atoms with Gasteiger partial charge in [-0.25, -0.2) is 4.98 Å². The highest BCUT2D eigenvalue weighted by Gasteiger charge is 2.25. The van der Waals surface area contributed by atoms with Crippen LogP contribution in [0, 0.1) is 11.8 Å². The molecule has 1 aromatic heterocycles. The van der Waals surface area contributed by atoms with Gasteiger partial charge in [-0.3, -0.25) is 4.98 Å². The molecule has 1 saturated carbocycles. The van der Waals surface area contributed by atoms with Crippen LogP contribution in [-0.2, 0) is 6.54 Å². The standard InChI is InChI=1S/C13H21N3O/c1-9-3-4-12(5-10(9)2)17-13-8-15-11(6-14)7-16-13/h7-10,12H,3-6,14H2,1-2H3. The molecule has 1 heterocycles. The fraction of sp³-hybridized carbons (Fsp3) is 0.692. The van der Waals surface area contributed by atoms with Crippen molar-refractivity contribution in [2.75, 3.05) is 0 Å². The molecule has 0 amide bonds. The van der Waals surface area contributed by atoms with Crippen LogP contribution in [0.1, 0.15) is 38.8 Å². The predicted octanol–water partition coefficient (Wildman–Crippen LogP) is 2.14. The molecular formula is C13H21N3O. The molecule has 0 bridgehead atoms. The summed E-state index contributed by atoms with van der Waals surface area (Å²) in [7, 11) is 0. The maximum atomic E-state index is 5.86. The van der Waals surface area contributed by atoms with Gasteiger partial charge in [-0.1, -0.05) is 13.8 Å². The van der Waals surface area contributed by atoms with E-state index in [0.717, 1.165) is 30.4 Å². The zero-order valence-electron chi connectivity index (χ0n) is 10.6. The molecule has 3 unspecified atom stereocenters. The highest BCUT2D eigenvalue weighted by Crippen LogP contribution is 2.31. The number of hydrogen-bond donors (Lipinski definition) is 1. The van der Waals surface area contributed by atoms with Crippen LogP contribution in [0.3, 0.4) is 0 Å². The van der Waals surface area contributed by atoms with Crippen molar-refractivity contribution >= 4 is 0 Å². The molecule has 0 saturated heterocycles. The number of ether oxygens (including phenoxy) is 1. The first-order valence-corrected chi connectivity index (χ1v) is 6.36. The van der Waals surface area contributed by atoms with Gasteiger partial charge in [-0.2, -0.15) is 0 Å². The maximum Gasteiger partial charge on any atom is 0.232 e. The van der Waals surface area contributed by atoms with Crippen molar-refractivity contribution < 1.29 is 4.74 Å². The summed E-state index contributed by atoms with van der Waals surface area (Å²) >= 11 is 0. The molecule has 0 aromatic carbocycles. The second-order valence-electron chi connectivity index (χ2n) is 5.06. The summed E-state index contributed by atoms with van der Waals surface area (Å²) in [6.45, 7) is 5.03. The third-order valence-corrected chi connectivity index (χ3v) is 3.73. The van der Waals surface area contributed by atoms with Gasteiger partial charge >= 0.3 is 0 Å². The van der Waals surface area contributed by atoms with E-state index in [-0.39, 0.29) is 0 Å². The van der Waals surface area contributed by atoms with E-state index in [2.05, 4.69) is 23.8 Å². The number of nitrogens with zero attached hydrogens (tertiary/aromatic N) is 2. The van der Waals surface area contributed by atoms with Crippen LogP contribution in [0.15, 0.2) is 12.4 Å². The van der Waals surface area contributed by atoms with Crippen LogP contribution in [0.25, 0.3) is 0 Å². The Kier molecular flexibility index (Phi) is 3.94. The first kappa shape index (κ1) is 12.3. The molecule has 1 aliphatic rings. The lowest BCUT2D eigenvalue weighted by Crippen LogP contribution is -2.29. The van der Waals surface area contributed by atoms with E-state index >= 15 is 0 Å². The number of rotatable bonds is 3. The van der Waals surface area contributed by atoms with Gasteiger partial charge in [0.15, 0.2) is 0 Å². The summed E-state index contributed by atoms with van der Waals surface area (Å²) < 4.78 is 5.86. The fourth-order valence-corrected chi connectivity index (χ4v) is 2.29.